The summed E-state index contributed by atoms with van der Waals surface area (Å²) in [6.07, 6.45) is -5.96. The predicted molar refractivity (Wildman–Crippen MR) is 120 cm³/mol. The standard InChI is InChI=1S/C27H26F2O5/c28-27(29)24(30-16-19-10-4-1-5-11-19)23-22(18-31-25(34-23)21-14-8-3-9-15-21)33-26(27)32-17-20-12-6-2-7-13-20/h1-15,22-26H,16-18H2/t22-,23+,24-,25?,26?/m1/s1. The third-order valence-corrected chi connectivity index (χ3v) is 5.94. The fourth-order valence-electron chi connectivity index (χ4n) is 4.18. The Labute approximate surface area is 197 Å². The molecule has 2 fully saturated rings. The number of hydrogen-bond acceptors (Lipinski definition) is 5. The summed E-state index contributed by atoms with van der Waals surface area (Å²) in [5.74, 6) is -3.46. The van der Waals surface area contributed by atoms with Gasteiger partial charge in [0, 0.05) is 5.56 Å². The van der Waals surface area contributed by atoms with Crippen LogP contribution in [0, 0.1) is 0 Å². The lowest BCUT2D eigenvalue weighted by Crippen LogP contribution is -2.66. The molecule has 34 heavy (non-hydrogen) atoms. The largest absolute Gasteiger partial charge is 0.364 e. The predicted octanol–water partition coefficient (Wildman–Crippen LogP) is 5.26. The van der Waals surface area contributed by atoms with Crippen molar-refractivity contribution in [2.45, 2.75) is 50.0 Å². The zero-order valence-electron chi connectivity index (χ0n) is 18.5. The molecule has 0 spiro atoms. The average Bonchev–Trinajstić information content (AvgIpc) is 2.88. The van der Waals surface area contributed by atoms with Crippen LogP contribution in [0.5, 0.6) is 0 Å². The first kappa shape index (κ1) is 23.1. The van der Waals surface area contributed by atoms with Crippen molar-refractivity contribution >= 4 is 0 Å². The number of rotatable bonds is 7. The highest BCUT2D eigenvalue weighted by Gasteiger charge is 2.62. The molecule has 5 atom stereocenters. The van der Waals surface area contributed by atoms with Crippen LogP contribution in [0.3, 0.4) is 0 Å². The second-order valence-electron chi connectivity index (χ2n) is 8.37. The van der Waals surface area contributed by atoms with E-state index in [1.807, 2.05) is 91.0 Å². The lowest BCUT2D eigenvalue weighted by Gasteiger charge is -2.48. The van der Waals surface area contributed by atoms with Crippen molar-refractivity contribution in [2.75, 3.05) is 6.61 Å². The minimum absolute atomic E-state index is 0.00986. The van der Waals surface area contributed by atoms with E-state index in [9.17, 15) is 0 Å². The van der Waals surface area contributed by atoms with Crippen LogP contribution in [0.25, 0.3) is 0 Å². The van der Waals surface area contributed by atoms with E-state index in [1.54, 1.807) is 0 Å². The SMILES string of the molecule is FC1(F)C(OCc2ccccc2)O[C@@H]2COC(c3ccccc3)O[C@@H]2[C@H]1OCc1ccccc1. The van der Waals surface area contributed by atoms with Crippen LogP contribution in [-0.2, 0) is 36.9 Å². The van der Waals surface area contributed by atoms with E-state index in [2.05, 4.69) is 0 Å². The summed E-state index contributed by atoms with van der Waals surface area (Å²) in [6, 6.07) is 27.5. The van der Waals surface area contributed by atoms with Gasteiger partial charge in [-0.2, -0.15) is 8.78 Å². The van der Waals surface area contributed by atoms with Crippen LogP contribution >= 0.6 is 0 Å². The maximum Gasteiger partial charge on any atom is 0.326 e. The summed E-state index contributed by atoms with van der Waals surface area (Å²) in [6.45, 7) is 0.0743. The molecule has 3 aromatic carbocycles. The van der Waals surface area contributed by atoms with E-state index in [0.29, 0.717) is 0 Å². The molecule has 7 heteroatoms. The van der Waals surface area contributed by atoms with Gasteiger partial charge in [0.1, 0.15) is 12.2 Å². The fraction of sp³-hybridized carbons (Fsp3) is 0.333. The Kier molecular flexibility index (Phi) is 6.99. The number of fused-ring (bicyclic) bond motifs is 1. The minimum Gasteiger partial charge on any atom is -0.364 e. The van der Waals surface area contributed by atoms with E-state index in [4.69, 9.17) is 23.7 Å². The molecule has 5 nitrogen and oxygen atoms in total. The Morgan fingerprint density at radius 1 is 0.735 bits per heavy atom. The van der Waals surface area contributed by atoms with Crippen molar-refractivity contribution in [2.24, 2.45) is 0 Å². The number of benzene rings is 3. The second kappa shape index (κ2) is 10.3. The molecule has 2 heterocycles. The van der Waals surface area contributed by atoms with Crippen molar-refractivity contribution in [3.63, 3.8) is 0 Å². The molecule has 0 N–H and O–H groups in total. The van der Waals surface area contributed by atoms with Gasteiger partial charge in [-0.05, 0) is 11.1 Å². The average molecular weight is 468 g/mol. The van der Waals surface area contributed by atoms with E-state index in [-0.39, 0.29) is 19.8 Å². The van der Waals surface area contributed by atoms with Crippen LogP contribution in [0.4, 0.5) is 8.78 Å². The topological polar surface area (TPSA) is 46.2 Å². The van der Waals surface area contributed by atoms with Crippen LogP contribution in [0.15, 0.2) is 91.0 Å². The summed E-state index contributed by atoms with van der Waals surface area (Å²) >= 11 is 0. The number of alkyl halides is 2. The van der Waals surface area contributed by atoms with Gasteiger partial charge in [0.2, 0.25) is 6.29 Å². The number of hydrogen-bond donors (Lipinski definition) is 0. The van der Waals surface area contributed by atoms with Crippen molar-refractivity contribution in [3.8, 4) is 0 Å². The van der Waals surface area contributed by atoms with Gasteiger partial charge >= 0.3 is 5.92 Å². The van der Waals surface area contributed by atoms with E-state index >= 15 is 8.78 Å². The van der Waals surface area contributed by atoms with E-state index in [0.717, 1.165) is 16.7 Å². The Balaban J connectivity index is 1.37. The molecule has 0 aliphatic carbocycles. The molecule has 2 aliphatic rings. The third-order valence-electron chi connectivity index (χ3n) is 5.94. The molecule has 0 saturated carbocycles. The number of ether oxygens (including phenoxy) is 5. The molecule has 5 rings (SSSR count). The molecule has 0 amide bonds. The molecule has 178 valence electrons. The van der Waals surface area contributed by atoms with Gasteiger partial charge < -0.3 is 23.7 Å². The molecule has 0 radical (unpaired) electrons. The highest BCUT2D eigenvalue weighted by molar-refractivity contribution is 5.17. The van der Waals surface area contributed by atoms with E-state index in [1.165, 1.54) is 0 Å². The maximum absolute atomic E-state index is 15.7. The molecule has 2 aliphatic heterocycles. The molecule has 2 unspecified atom stereocenters. The minimum atomic E-state index is -3.46. The monoisotopic (exact) mass is 468 g/mol. The molecular weight excluding hydrogens is 442 g/mol. The highest BCUT2D eigenvalue weighted by atomic mass is 19.3. The van der Waals surface area contributed by atoms with Crippen LogP contribution in [-0.4, -0.2) is 37.1 Å². The third kappa shape index (κ3) is 5.04. The van der Waals surface area contributed by atoms with Crippen LogP contribution in [0.2, 0.25) is 0 Å². The van der Waals surface area contributed by atoms with Gasteiger partial charge in [-0.25, -0.2) is 0 Å². The van der Waals surface area contributed by atoms with Crippen molar-refractivity contribution in [3.05, 3.63) is 108 Å². The zero-order chi connectivity index (χ0) is 23.4. The fourth-order valence-corrected chi connectivity index (χ4v) is 4.18. The molecule has 0 bridgehead atoms. The second-order valence-corrected chi connectivity index (χ2v) is 8.37. The smallest absolute Gasteiger partial charge is 0.326 e. The Hall–Kier alpha value is -2.68. The van der Waals surface area contributed by atoms with Crippen LogP contribution < -0.4 is 0 Å². The Bertz CT molecular complexity index is 1030. The van der Waals surface area contributed by atoms with Crippen molar-refractivity contribution in [1.29, 1.82) is 0 Å². The summed E-state index contributed by atoms with van der Waals surface area (Å²) in [4.78, 5) is 0. The van der Waals surface area contributed by atoms with Crippen molar-refractivity contribution < 1.29 is 32.5 Å². The molecular formula is C27H26F2O5. The molecule has 2 saturated heterocycles. The summed E-state index contributed by atoms with van der Waals surface area (Å²) in [5.41, 5.74) is 2.30. The zero-order valence-corrected chi connectivity index (χ0v) is 18.5. The Morgan fingerprint density at radius 2 is 1.29 bits per heavy atom. The number of halogens is 2. The highest BCUT2D eigenvalue weighted by Crippen LogP contribution is 2.43. The quantitative estimate of drug-likeness (QED) is 0.473. The van der Waals surface area contributed by atoms with Crippen LogP contribution in [0.1, 0.15) is 23.0 Å². The first-order chi connectivity index (χ1) is 16.6. The van der Waals surface area contributed by atoms with Gasteiger partial charge in [0.15, 0.2) is 12.4 Å². The Morgan fingerprint density at radius 3 is 1.91 bits per heavy atom. The lowest BCUT2D eigenvalue weighted by atomic mass is 9.96. The molecule has 3 aromatic rings. The maximum atomic E-state index is 15.7. The summed E-state index contributed by atoms with van der Waals surface area (Å²) in [7, 11) is 0. The first-order valence-corrected chi connectivity index (χ1v) is 11.3. The lowest BCUT2D eigenvalue weighted by molar-refractivity contribution is -0.405. The molecule has 0 aromatic heterocycles. The van der Waals surface area contributed by atoms with Gasteiger partial charge in [-0.15, -0.1) is 0 Å². The van der Waals surface area contributed by atoms with Gasteiger partial charge in [-0.3, -0.25) is 0 Å². The van der Waals surface area contributed by atoms with Gasteiger partial charge in [0.25, 0.3) is 0 Å². The first-order valence-electron chi connectivity index (χ1n) is 11.3. The van der Waals surface area contributed by atoms with Gasteiger partial charge in [-0.1, -0.05) is 91.0 Å². The summed E-state index contributed by atoms with van der Waals surface area (Å²) in [5, 5.41) is 0. The van der Waals surface area contributed by atoms with Gasteiger partial charge in [0.05, 0.1) is 19.8 Å². The van der Waals surface area contributed by atoms with Crippen molar-refractivity contribution in [1.82, 2.24) is 0 Å². The normalized spacial score (nSPS) is 28.2. The summed E-state index contributed by atoms with van der Waals surface area (Å²) < 4.78 is 60.4. The van der Waals surface area contributed by atoms with E-state index < -0.39 is 36.8 Å².